The molecule has 0 bridgehead atoms. The summed E-state index contributed by atoms with van der Waals surface area (Å²) in [7, 11) is 3.56. The standard InChI is InChI=1S/C28H36FN5O3.C2H6/c1-16(32-6)21(24(30)27(35)28(2,3)4)11-19-15-36-26-22(29)9-8-20(25(26)37-19)17-7-10-23-33-13-18(12-31-5)34(23)14-17;1-2/h7-10,13-14,19,27,31,35H,11-12,15,30H2,1-6H3;1-2H3/b24-21-,32-16?;. The van der Waals surface area contributed by atoms with Gasteiger partial charge in [-0.15, -0.1) is 0 Å². The van der Waals surface area contributed by atoms with Gasteiger partial charge in [0.25, 0.3) is 0 Å². The van der Waals surface area contributed by atoms with Crippen LogP contribution in [0.15, 0.2) is 52.9 Å². The van der Waals surface area contributed by atoms with E-state index in [0.717, 1.165) is 16.9 Å². The van der Waals surface area contributed by atoms with Crippen LogP contribution in [-0.4, -0.2) is 53.1 Å². The number of fused-ring (bicyclic) bond motifs is 2. The summed E-state index contributed by atoms with van der Waals surface area (Å²) in [6.07, 6.45) is 2.82. The zero-order chi connectivity index (χ0) is 28.9. The molecule has 212 valence electrons. The smallest absolute Gasteiger partial charge is 0.197 e. The van der Waals surface area contributed by atoms with Crippen molar-refractivity contribution in [1.29, 1.82) is 0 Å². The van der Waals surface area contributed by atoms with E-state index in [-0.39, 0.29) is 12.4 Å². The maximum absolute atomic E-state index is 14.8. The third-order valence-corrected chi connectivity index (χ3v) is 6.68. The van der Waals surface area contributed by atoms with Gasteiger partial charge in [-0.25, -0.2) is 9.37 Å². The Labute approximate surface area is 230 Å². The topological polar surface area (TPSA) is 106 Å². The van der Waals surface area contributed by atoms with E-state index in [1.54, 1.807) is 13.1 Å². The molecule has 0 amide bonds. The molecule has 1 aromatic carbocycles. The van der Waals surface area contributed by atoms with Gasteiger partial charge in [-0.2, -0.15) is 0 Å². The second-order valence-electron chi connectivity index (χ2n) is 10.4. The third-order valence-electron chi connectivity index (χ3n) is 6.68. The Morgan fingerprint density at radius 3 is 2.62 bits per heavy atom. The summed E-state index contributed by atoms with van der Waals surface area (Å²) in [5.74, 6) is -0.0585. The first-order valence-electron chi connectivity index (χ1n) is 13.4. The molecule has 3 aromatic rings. The number of hydrogen-bond donors (Lipinski definition) is 3. The van der Waals surface area contributed by atoms with Crippen LogP contribution in [0.1, 0.15) is 53.7 Å². The Balaban J connectivity index is 0.00000205. The van der Waals surface area contributed by atoms with Crippen LogP contribution >= 0.6 is 0 Å². The van der Waals surface area contributed by atoms with Crippen molar-refractivity contribution in [3.63, 3.8) is 0 Å². The highest BCUT2D eigenvalue weighted by Gasteiger charge is 2.32. The molecule has 0 aliphatic carbocycles. The second kappa shape index (κ2) is 12.6. The maximum atomic E-state index is 14.8. The van der Waals surface area contributed by atoms with Crippen LogP contribution in [0.5, 0.6) is 11.5 Å². The number of aromatic nitrogens is 2. The lowest BCUT2D eigenvalue weighted by Crippen LogP contribution is -2.36. The summed E-state index contributed by atoms with van der Waals surface area (Å²) >= 11 is 0. The predicted octanol–water partition coefficient (Wildman–Crippen LogP) is 5.13. The van der Waals surface area contributed by atoms with Gasteiger partial charge >= 0.3 is 0 Å². The molecular weight excluding hydrogens is 497 g/mol. The van der Waals surface area contributed by atoms with Gasteiger partial charge in [0.15, 0.2) is 17.3 Å². The molecule has 0 saturated carbocycles. The molecule has 2 unspecified atom stereocenters. The number of rotatable bonds is 7. The molecule has 0 spiro atoms. The van der Waals surface area contributed by atoms with Crippen LogP contribution in [0.4, 0.5) is 4.39 Å². The minimum Gasteiger partial charge on any atom is -0.483 e. The molecule has 9 heteroatoms. The first-order chi connectivity index (χ1) is 18.5. The summed E-state index contributed by atoms with van der Waals surface area (Å²) in [6.45, 7) is 12.4. The number of hydrogen-bond acceptors (Lipinski definition) is 7. The highest BCUT2D eigenvalue weighted by Crippen LogP contribution is 2.43. The van der Waals surface area contributed by atoms with E-state index in [4.69, 9.17) is 15.2 Å². The van der Waals surface area contributed by atoms with Crippen molar-refractivity contribution >= 4 is 11.4 Å². The number of aliphatic imine (C=N–C) groups is 1. The summed E-state index contributed by atoms with van der Waals surface area (Å²) in [4.78, 5) is 8.76. The van der Waals surface area contributed by atoms with Crippen molar-refractivity contribution in [2.45, 2.75) is 66.7 Å². The lowest BCUT2D eigenvalue weighted by molar-refractivity contribution is 0.0827. The average molecular weight is 540 g/mol. The van der Waals surface area contributed by atoms with E-state index in [1.807, 2.05) is 77.5 Å². The van der Waals surface area contributed by atoms with Crippen molar-refractivity contribution in [2.24, 2.45) is 16.1 Å². The Hall–Kier alpha value is -3.43. The molecule has 4 rings (SSSR count). The van der Waals surface area contributed by atoms with Gasteiger partial charge in [-0.3, -0.25) is 4.99 Å². The van der Waals surface area contributed by atoms with Gasteiger partial charge in [0.05, 0.1) is 18.0 Å². The number of aliphatic hydroxyl groups is 1. The van der Waals surface area contributed by atoms with Crippen molar-refractivity contribution in [1.82, 2.24) is 14.7 Å². The van der Waals surface area contributed by atoms with E-state index >= 15 is 0 Å². The van der Waals surface area contributed by atoms with Crippen LogP contribution in [0.25, 0.3) is 16.8 Å². The quantitative estimate of drug-likeness (QED) is 0.360. The summed E-state index contributed by atoms with van der Waals surface area (Å²) in [6, 6.07) is 6.94. The van der Waals surface area contributed by atoms with Crippen LogP contribution in [0.3, 0.4) is 0 Å². The Kier molecular flexibility index (Phi) is 9.74. The van der Waals surface area contributed by atoms with E-state index in [9.17, 15) is 9.50 Å². The van der Waals surface area contributed by atoms with Crippen molar-refractivity contribution in [3.05, 3.63) is 59.4 Å². The van der Waals surface area contributed by atoms with Crippen LogP contribution in [-0.2, 0) is 6.54 Å². The fraction of sp³-hybridized carbons (Fsp3) is 0.467. The summed E-state index contributed by atoms with van der Waals surface area (Å²) in [5.41, 5.74) is 11.1. The second-order valence-corrected chi connectivity index (χ2v) is 10.4. The first-order valence-corrected chi connectivity index (χ1v) is 13.4. The zero-order valence-electron chi connectivity index (χ0n) is 24.3. The fourth-order valence-corrected chi connectivity index (χ4v) is 4.47. The van der Waals surface area contributed by atoms with Crippen molar-refractivity contribution in [3.8, 4) is 22.6 Å². The molecule has 0 fully saturated rings. The molecule has 39 heavy (non-hydrogen) atoms. The third kappa shape index (κ3) is 6.42. The zero-order valence-corrected chi connectivity index (χ0v) is 24.3. The van der Waals surface area contributed by atoms with Gasteiger partial charge in [0, 0.05) is 48.7 Å². The molecular formula is C30H42FN5O3. The highest BCUT2D eigenvalue weighted by atomic mass is 19.1. The van der Waals surface area contributed by atoms with E-state index in [0.29, 0.717) is 41.3 Å². The molecule has 3 heterocycles. The Bertz CT molecular complexity index is 1360. The number of aliphatic hydroxyl groups excluding tert-OH is 1. The van der Waals surface area contributed by atoms with Crippen molar-refractivity contribution in [2.75, 3.05) is 20.7 Å². The van der Waals surface area contributed by atoms with Gasteiger partial charge in [0.2, 0.25) is 0 Å². The number of nitrogens with one attached hydrogen (secondary N) is 1. The molecule has 2 atom stereocenters. The Morgan fingerprint density at radius 2 is 1.97 bits per heavy atom. The Morgan fingerprint density at radius 1 is 1.26 bits per heavy atom. The first kappa shape index (κ1) is 30.1. The van der Waals surface area contributed by atoms with Crippen LogP contribution < -0.4 is 20.5 Å². The molecule has 8 nitrogen and oxygen atoms in total. The van der Waals surface area contributed by atoms with Gasteiger partial charge < -0.3 is 30.0 Å². The lowest BCUT2D eigenvalue weighted by atomic mass is 9.84. The van der Waals surface area contributed by atoms with Gasteiger partial charge in [-0.05, 0) is 49.2 Å². The van der Waals surface area contributed by atoms with E-state index in [2.05, 4.69) is 15.3 Å². The normalized spacial score (nSPS) is 16.9. The molecule has 0 radical (unpaired) electrons. The summed E-state index contributed by atoms with van der Waals surface area (Å²) in [5, 5.41) is 14.0. The summed E-state index contributed by atoms with van der Waals surface area (Å²) < 4.78 is 29.0. The molecule has 4 N–H and O–H groups in total. The molecule has 2 aromatic heterocycles. The number of nitrogens with two attached hydrogens (primary N) is 1. The molecule has 1 aliphatic rings. The maximum Gasteiger partial charge on any atom is 0.197 e. The van der Waals surface area contributed by atoms with E-state index in [1.165, 1.54) is 6.07 Å². The minimum atomic E-state index is -0.863. The predicted molar refractivity (Wildman–Crippen MR) is 155 cm³/mol. The number of ether oxygens (including phenoxy) is 2. The monoisotopic (exact) mass is 539 g/mol. The van der Waals surface area contributed by atoms with Crippen molar-refractivity contribution < 1.29 is 19.0 Å². The van der Waals surface area contributed by atoms with E-state index < -0.39 is 23.4 Å². The lowest BCUT2D eigenvalue weighted by Gasteiger charge is -2.31. The van der Waals surface area contributed by atoms with Gasteiger partial charge in [0.1, 0.15) is 18.4 Å². The number of pyridine rings is 1. The molecule has 1 aliphatic heterocycles. The highest BCUT2D eigenvalue weighted by molar-refractivity contribution is 5.99. The number of halogens is 1. The van der Waals surface area contributed by atoms with Crippen LogP contribution in [0, 0.1) is 11.2 Å². The number of nitrogens with zero attached hydrogens (tertiary/aromatic N) is 3. The average Bonchev–Trinajstić information content (AvgIpc) is 3.33. The number of benzene rings is 1. The fourth-order valence-electron chi connectivity index (χ4n) is 4.47. The van der Waals surface area contributed by atoms with Gasteiger partial charge in [-0.1, -0.05) is 34.6 Å². The number of imidazole rings is 1. The SMILES string of the molecule is CC.CN=C(C)/C(CC1COc2c(F)ccc(-c3ccc4ncc(CNC)n4c3)c2O1)=C(\N)C(O)C(C)(C)C. The molecule has 0 saturated heterocycles. The largest absolute Gasteiger partial charge is 0.483 e. The minimum absolute atomic E-state index is 0.0871. The van der Waals surface area contributed by atoms with Crippen LogP contribution in [0.2, 0.25) is 0 Å².